The molecule has 0 unspecified atom stereocenters. The highest BCUT2D eigenvalue weighted by atomic mass is 79.9. The number of hydrogen-bond donors (Lipinski definition) is 1. The maximum atomic E-state index is 13.0. The molecule has 0 radical (unpaired) electrons. The number of nitrogens with one attached hydrogen (secondary N) is 1. The van der Waals surface area contributed by atoms with Crippen molar-refractivity contribution in [2.45, 2.75) is 6.61 Å². The largest absolute Gasteiger partial charge is 0.482 e. The van der Waals surface area contributed by atoms with Crippen LogP contribution in [0.15, 0.2) is 70.7 Å². The number of hydrogen-bond acceptors (Lipinski definition) is 7. The van der Waals surface area contributed by atoms with E-state index >= 15 is 0 Å². The Morgan fingerprint density at radius 2 is 1.86 bits per heavy atom. The van der Waals surface area contributed by atoms with Crippen molar-refractivity contribution in [2.24, 2.45) is 0 Å². The first-order chi connectivity index (χ1) is 16.9. The van der Waals surface area contributed by atoms with Gasteiger partial charge in [0.2, 0.25) is 12.5 Å². The predicted octanol–water partition coefficient (Wildman–Crippen LogP) is 4.13. The molecular formula is C24H16BrN3O7. The van der Waals surface area contributed by atoms with Crippen LogP contribution in [0.1, 0.15) is 11.1 Å². The van der Waals surface area contributed by atoms with Crippen molar-refractivity contribution >= 4 is 45.2 Å². The lowest BCUT2D eigenvalue weighted by Gasteiger charge is -2.14. The van der Waals surface area contributed by atoms with E-state index < -0.39 is 16.7 Å². The molecule has 5 rings (SSSR count). The molecule has 1 saturated heterocycles. The third-order valence-electron chi connectivity index (χ3n) is 5.29. The molecule has 0 aliphatic carbocycles. The summed E-state index contributed by atoms with van der Waals surface area (Å²) in [4.78, 5) is 36.8. The van der Waals surface area contributed by atoms with Crippen LogP contribution in [-0.2, 0) is 16.2 Å². The quantitative estimate of drug-likeness (QED) is 0.217. The van der Waals surface area contributed by atoms with Gasteiger partial charge in [0.05, 0.1) is 10.6 Å². The van der Waals surface area contributed by atoms with Crippen LogP contribution >= 0.6 is 15.9 Å². The second-order valence-electron chi connectivity index (χ2n) is 7.55. The molecule has 3 aromatic rings. The minimum atomic E-state index is -0.636. The van der Waals surface area contributed by atoms with Crippen molar-refractivity contribution < 1.29 is 28.7 Å². The number of rotatable bonds is 6. The Morgan fingerprint density at radius 1 is 1.09 bits per heavy atom. The van der Waals surface area contributed by atoms with E-state index in [2.05, 4.69) is 21.4 Å². The molecule has 11 heteroatoms. The van der Waals surface area contributed by atoms with Gasteiger partial charge in [0.1, 0.15) is 12.2 Å². The molecule has 0 aromatic heterocycles. The average molecular weight is 538 g/mol. The van der Waals surface area contributed by atoms with Crippen LogP contribution < -0.4 is 24.6 Å². The number of nitro benzene ring substituents is 1. The van der Waals surface area contributed by atoms with E-state index in [-0.39, 0.29) is 36.0 Å². The Hall–Kier alpha value is -4.38. The summed E-state index contributed by atoms with van der Waals surface area (Å²) in [5.74, 6) is -0.161. The van der Waals surface area contributed by atoms with Crippen molar-refractivity contribution in [2.75, 3.05) is 11.8 Å². The van der Waals surface area contributed by atoms with Gasteiger partial charge < -0.3 is 14.2 Å². The summed E-state index contributed by atoms with van der Waals surface area (Å²) in [6.07, 6.45) is 1.29. The Labute approximate surface area is 206 Å². The van der Waals surface area contributed by atoms with Crippen LogP contribution in [0, 0.1) is 10.1 Å². The molecule has 2 aliphatic heterocycles. The number of nitro groups is 1. The van der Waals surface area contributed by atoms with Crippen LogP contribution in [0.4, 0.5) is 11.4 Å². The van der Waals surface area contributed by atoms with Gasteiger partial charge >= 0.3 is 5.69 Å². The second kappa shape index (κ2) is 9.11. The topological polar surface area (TPSA) is 120 Å². The summed E-state index contributed by atoms with van der Waals surface area (Å²) >= 11 is 3.26. The molecule has 2 amide bonds. The standard InChI is InChI=1S/C24H16BrN3O7/c25-16-9-15(10-18-23(29)26-27(24(18)30)17-4-2-1-3-5-17)22(19(11-16)28(31)32)33-12-14-6-7-20-21(8-14)35-13-34-20/h1-11H,12-13H2,(H,26,29)/b18-10-. The van der Waals surface area contributed by atoms with Crippen molar-refractivity contribution in [1.82, 2.24) is 5.43 Å². The van der Waals surface area contributed by atoms with Gasteiger partial charge in [-0.05, 0) is 42.0 Å². The fourth-order valence-corrected chi connectivity index (χ4v) is 4.12. The summed E-state index contributed by atoms with van der Waals surface area (Å²) in [6, 6.07) is 16.6. The van der Waals surface area contributed by atoms with Crippen LogP contribution in [-0.4, -0.2) is 23.5 Å². The number of halogens is 1. The number of nitrogens with zero attached hydrogens (tertiary/aromatic N) is 2. The average Bonchev–Trinajstić information content (AvgIpc) is 3.43. The van der Waals surface area contributed by atoms with Crippen molar-refractivity contribution in [3.8, 4) is 17.2 Å². The maximum absolute atomic E-state index is 13.0. The van der Waals surface area contributed by atoms with Crippen LogP contribution in [0.2, 0.25) is 0 Å². The second-order valence-corrected chi connectivity index (χ2v) is 8.47. The number of carbonyl (C=O) groups excluding carboxylic acids is 2. The molecule has 0 bridgehead atoms. The van der Waals surface area contributed by atoms with Gasteiger partial charge in [0.15, 0.2) is 11.5 Å². The highest BCUT2D eigenvalue weighted by molar-refractivity contribution is 9.10. The first-order valence-corrected chi connectivity index (χ1v) is 11.1. The molecule has 2 heterocycles. The zero-order valence-corrected chi connectivity index (χ0v) is 19.5. The van der Waals surface area contributed by atoms with Crippen LogP contribution in [0.3, 0.4) is 0 Å². The Kier molecular flexibility index (Phi) is 5.83. The number of para-hydroxylation sites is 1. The fourth-order valence-electron chi connectivity index (χ4n) is 3.66. The monoisotopic (exact) mass is 537 g/mol. The maximum Gasteiger partial charge on any atom is 0.312 e. The van der Waals surface area contributed by atoms with Gasteiger partial charge in [-0.1, -0.05) is 40.2 Å². The summed E-state index contributed by atoms with van der Waals surface area (Å²) in [7, 11) is 0. The van der Waals surface area contributed by atoms with Gasteiger partial charge in [-0.15, -0.1) is 0 Å². The summed E-state index contributed by atoms with van der Waals surface area (Å²) in [5.41, 5.74) is 3.37. The van der Waals surface area contributed by atoms with Gasteiger partial charge in [0, 0.05) is 16.1 Å². The highest BCUT2D eigenvalue weighted by Gasteiger charge is 2.35. The minimum absolute atomic E-state index is 0.0223. The number of ether oxygens (including phenoxy) is 3. The molecule has 0 atom stereocenters. The molecule has 176 valence electrons. The van der Waals surface area contributed by atoms with Gasteiger partial charge in [0.25, 0.3) is 11.8 Å². The van der Waals surface area contributed by atoms with E-state index in [1.54, 1.807) is 54.6 Å². The number of anilines is 1. The predicted molar refractivity (Wildman–Crippen MR) is 128 cm³/mol. The van der Waals surface area contributed by atoms with E-state index in [1.807, 2.05) is 0 Å². The van der Waals surface area contributed by atoms with Crippen LogP contribution in [0.5, 0.6) is 17.2 Å². The van der Waals surface area contributed by atoms with E-state index in [0.717, 1.165) is 5.01 Å². The zero-order chi connectivity index (χ0) is 24.5. The van der Waals surface area contributed by atoms with Gasteiger partial charge in [-0.25, -0.2) is 5.01 Å². The fraction of sp³-hybridized carbons (Fsp3) is 0.0833. The van der Waals surface area contributed by atoms with Crippen molar-refractivity contribution in [3.05, 3.63) is 92.0 Å². The molecule has 0 spiro atoms. The number of benzene rings is 3. The van der Waals surface area contributed by atoms with E-state index in [9.17, 15) is 19.7 Å². The Morgan fingerprint density at radius 3 is 2.63 bits per heavy atom. The minimum Gasteiger partial charge on any atom is -0.482 e. The van der Waals surface area contributed by atoms with Crippen molar-refractivity contribution in [1.29, 1.82) is 0 Å². The molecule has 35 heavy (non-hydrogen) atoms. The van der Waals surface area contributed by atoms with E-state index in [1.165, 1.54) is 12.1 Å². The summed E-state index contributed by atoms with van der Waals surface area (Å²) < 4.78 is 16.9. The molecule has 2 aliphatic rings. The third-order valence-corrected chi connectivity index (χ3v) is 5.74. The van der Waals surface area contributed by atoms with E-state index in [4.69, 9.17) is 14.2 Å². The first kappa shape index (κ1) is 22.4. The number of amides is 2. The molecule has 0 saturated carbocycles. The Bertz CT molecular complexity index is 1390. The zero-order valence-electron chi connectivity index (χ0n) is 17.9. The smallest absolute Gasteiger partial charge is 0.312 e. The number of fused-ring (bicyclic) bond motifs is 1. The third kappa shape index (κ3) is 4.41. The molecule has 3 aromatic carbocycles. The molecule has 10 nitrogen and oxygen atoms in total. The number of carbonyl (C=O) groups is 2. The SMILES string of the molecule is O=C1NN(c2ccccc2)C(=O)/C1=C\c1cc(Br)cc([N+](=O)[O-])c1OCc1ccc2c(c1)OCO2. The van der Waals surface area contributed by atoms with Gasteiger partial charge in [-0.3, -0.25) is 25.1 Å². The normalized spacial score (nSPS) is 15.5. The van der Waals surface area contributed by atoms with Crippen LogP contribution in [0.25, 0.3) is 6.08 Å². The molecule has 1 fully saturated rings. The molecule has 1 N–H and O–H groups in total. The van der Waals surface area contributed by atoms with Gasteiger partial charge in [-0.2, -0.15) is 0 Å². The molecular weight excluding hydrogens is 522 g/mol. The van der Waals surface area contributed by atoms with Crippen molar-refractivity contribution in [3.63, 3.8) is 0 Å². The van der Waals surface area contributed by atoms with E-state index in [0.29, 0.717) is 27.2 Å². The lowest BCUT2D eigenvalue weighted by molar-refractivity contribution is -0.386. The summed E-state index contributed by atoms with van der Waals surface area (Å²) in [6.45, 7) is 0.0945. The number of hydrazine groups is 1. The Balaban J connectivity index is 1.50. The first-order valence-electron chi connectivity index (χ1n) is 10.3. The lowest BCUT2D eigenvalue weighted by atomic mass is 10.1. The summed E-state index contributed by atoms with van der Waals surface area (Å²) in [5, 5.41) is 12.9. The highest BCUT2D eigenvalue weighted by Crippen LogP contribution is 2.38. The lowest BCUT2D eigenvalue weighted by Crippen LogP contribution is -2.35.